The van der Waals surface area contributed by atoms with E-state index in [-0.39, 0.29) is 5.82 Å². The Balaban J connectivity index is 2.78. The summed E-state index contributed by atoms with van der Waals surface area (Å²) in [6.07, 6.45) is 1.78. The van der Waals surface area contributed by atoms with Crippen molar-refractivity contribution in [2.45, 2.75) is 39.9 Å². The van der Waals surface area contributed by atoms with Gasteiger partial charge in [-0.05, 0) is 6.92 Å². The molecule has 1 aromatic rings. The van der Waals surface area contributed by atoms with Gasteiger partial charge in [-0.25, -0.2) is 9.78 Å². The van der Waals surface area contributed by atoms with Gasteiger partial charge in [0.15, 0.2) is 0 Å². The van der Waals surface area contributed by atoms with Crippen molar-refractivity contribution in [3.8, 4) is 0 Å². The van der Waals surface area contributed by atoms with Gasteiger partial charge in [-0.1, -0.05) is 13.8 Å². The summed E-state index contributed by atoms with van der Waals surface area (Å²) in [5, 5.41) is 12.1. The number of rotatable bonds is 5. The van der Waals surface area contributed by atoms with Crippen molar-refractivity contribution in [3.05, 3.63) is 17.7 Å². The standard InChI is InChI=1S/C10H17N3O2/c1-4-13-6-8(5-11-7(2)3)12-9(13)10(14)15/h6-7,11H,4-5H2,1-3H3,(H,14,15). The van der Waals surface area contributed by atoms with Crippen LogP contribution in [0.1, 0.15) is 37.1 Å². The Morgan fingerprint density at radius 1 is 1.67 bits per heavy atom. The van der Waals surface area contributed by atoms with Crippen molar-refractivity contribution >= 4 is 5.97 Å². The van der Waals surface area contributed by atoms with Crippen molar-refractivity contribution in [2.75, 3.05) is 0 Å². The number of aryl methyl sites for hydroxylation is 1. The number of hydrogen-bond donors (Lipinski definition) is 2. The van der Waals surface area contributed by atoms with Gasteiger partial charge < -0.3 is 15.0 Å². The molecule has 0 saturated heterocycles. The van der Waals surface area contributed by atoms with Gasteiger partial charge >= 0.3 is 5.97 Å². The third-order valence-corrected chi connectivity index (χ3v) is 2.05. The van der Waals surface area contributed by atoms with E-state index in [0.717, 1.165) is 5.69 Å². The first-order valence-electron chi connectivity index (χ1n) is 5.07. The van der Waals surface area contributed by atoms with E-state index in [1.807, 2.05) is 20.8 Å². The fourth-order valence-corrected chi connectivity index (χ4v) is 1.28. The average molecular weight is 211 g/mol. The molecule has 1 rings (SSSR count). The summed E-state index contributed by atoms with van der Waals surface area (Å²) >= 11 is 0. The number of nitrogens with zero attached hydrogens (tertiary/aromatic N) is 2. The lowest BCUT2D eigenvalue weighted by Gasteiger charge is -2.04. The summed E-state index contributed by atoms with van der Waals surface area (Å²) in [6.45, 7) is 7.19. The monoisotopic (exact) mass is 211 g/mol. The van der Waals surface area contributed by atoms with Gasteiger partial charge in [0, 0.05) is 25.3 Å². The maximum atomic E-state index is 10.8. The highest BCUT2D eigenvalue weighted by Crippen LogP contribution is 2.03. The summed E-state index contributed by atoms with van der Waals surface area (Å²) in [5.41, 5.74) is 0.767. The number of imidazole rings is 1. The Kier molecular flexibility index (Phi) is 3.85. The van der Waals surface area contributed by atoms with Crippen LogP contribution in [0.2, 0.25) is 0 Å². The first kappa shape index (κ1) is 11.7. The molecule has 0 aromatic carbocycles. The van der Waals surface area contributed by atoms with Crippen LogP contribution in [0.3, 0.4) is 0 Å². The lowest BCUT2D eigenvalue weighted by Crippen LogP contribution is -2.22. The molecule has 84 valence electrons. The summed E-state index contributed by atoms with van der Waals surface area (Å²) in [6, 6.07) is 0.366. The van der Waals surface area contributed by atoms with E-state index in [0.29, 0.717) is 19.1 Å². The zero-order valence-electron chi connectivity index (χ0n) is 9.32. The van der Waals surface area contributed by atoms with Gasteiger partial charge in [0.1, 0.15) is 0 Å². The molecule has 0 bridgehead atoms. The Hall–Kier alpha value is -1.36. The first-order valence-corrected chi connectivity index (χ1v) is 5.07. The van der Waals surface area contributed by atoms with Gasteiger partial charge in [-0.15, -0.1) is 0 Å². The minimum absolute atomic E-state index is 0.109. The number of aromatic nitrogens is 2. The molecular weight excluding hydrogens is 194 g/mol. The van der Waals surface area contributed by atoms with Crippen LogP contribution in [0.4, 0.5) is 0 Å². The average Bonchev–Trinajstić information content (AvgIpc) is 2.57. The highest BCUT2D eigenvalue weighted by molar-refractivity contribution is 5.83. The van der Waals surface area contributed by atoms with Crippen LogP contribution >= 0.6 is 0 Å². The van der Waals surface area contributed by atoms with E-state index >= 15 is 0 Å². The molecule has 0 aliphatic rings. The normalized spacial score (nSPS) is 10.9. The predicted octanol–water partition coefficient (Wildman–Crippen LogP) is 1.10. The zero-order chi connectivity index (χ0) is 11.4. The van der Waals surface area contributed by atoms with Gasteiger partial charge in [-0.3, -0.25) is 0 Å². The number of carboxylic acid groups (broad SMARTS) is 1. The minimum atomic E-state index is -0.979. The molecule has 0 atom stereocenters. The lowest BCUT2D eigenvalue weighted by atomic mass is 10.3. The highest BCUT2D eigenvalue weighted by Gasteiger charge is 2.13. The fraction of sp³-hybridized carbons (Fsp3) is 0.600. The topological polar surface area (TPSA) is 67.2 Å². The Bertz CT molecular complexity index is 344. The first-order chi connectivity index (χ1) is 7.04. The predicted molar refractivity (Wildman–Crippen MR) is 56.8 cm³/mol. The van der Waals surface area contributed by atoms with Crippen LogP contribution < -0.4 is 5.32 Å². The largest absolute Gasteiger partial charge is 0.475 e. The molecular formula is C10H17N3O2. The molecule has 0 fully saturated rings. The van der Waals surface area contributed by atoms with Gasteiger partial charge in [0.05, 0.1) is 5.69 Å². The van der Waals surface area contributed by atoms with E-state index in [1.165, 1.54) is 0 Å². The molecule has 5 heteroatoms. The van der Waals surface area contributed by atoms with Crippen LogP contribution in [-0.2, 0) is 13.1 Å². The highest BCUT2D eigenvalue weighted by atomic mass is 16.4. The minimum Gasteiger partial charge on any atom is -0.475 e. The molecule has 1 aromatic heterocycles. The summed E-state index contributed by atoms with van der Waals surface area (Å²) < 4.78 is 1.64. The molecule has 15 heavy (non-hydrogen) atoms. The molecule has 2 N–H and O–H groups in total. The summed E-state index contributed by atoms with van der Waals surface area (Å²) in [5.74, 6) is -0.870. The number of carboxylic acids is 1. The quantitative estimate of drug-likeness (QED) is 0.765. The third-order valence-electron chi connectivity index (χ3n) is 2.05. The van der Waals surface area contributed by atoms with Crippen molar-refractivity contribution in [1.29, 1.82) is 0 Å². The lowest BCUT2D eigenvalue weighted by molar-refractivity contribution is 0.0678. The number of hydrogen-bond acceptors (Lipinski definition) is 3. The van der Waals surface area contributed by atoms with Crippen LogP contribution in [0.25, 0.3) is 0 Å². The second-order valence-corrected chi connectivity index (χ2v) is 3.68. The van der Waals surface area contributed by atoms with Crippen molar-refractivity contribution < 1.29 is 9.90 Å². The molecule has 0 unspecified atom stereocenters. The van der Waals surface area contributed by atoms with Crippen LogP contribution in [0.15, 0.2) is 6.20 Å². The molecule has 1 heterocycles. The van der Waals surface area contributed by atoms with Gasteiger partial charge in [0.2, 0.25) is 5.82 Å². The zero-order valence-corrected chi connectivity index (χ0v) is 9.32. The number of aromatic carboxylic acids is 1. The Labute approximate surface area is 89.1 Å². The van der Waals surface area contributed by atoms with E-state index < -0.39 is 5.97 Å². The third kappa shape index (κ3) is 3.06. The Morgan fingerprint density at radius 2 is 2.33 bits per heavy atom. The smallest absolute Gasteiger partial charge is 0.372 e. The molecule has 0 amide bonds. The van der Waals surface area contributed by atoms with E-state index in [4.69, 9.17) is 5.11 Å². The van der Waals surface area contributed by atoms with Crippen LogP contribution in [0, 0.1) is 0 Å². The molecule has 0 aliphatic carbocycles. The SMILES string of the molecule is CCn1cc(CNC(C)C)nc1C(=O)O. The maximum Gasteiger partial charge on any atom is 0.372 e. The van der Waals surface area contributed by atoms with E-state index in [9.17, 15) is 4.79 Å². The summed E-state index contributed by atoms with van der Waals surface area (Å²) in [7, 11) is 0. The van der Waals surface area contributed by atoms with E-state index in [1.54, 1.807) is 10.8 Å². The molecule has 5 nitrogen and oxygen atoms in total. The Morgan fingerprint density at radius 3 is 2.73 bits per heavy atom. The summed E-state index contributed by atoms with van der Waals surface area (Å²) in [4.78, 5) is 14.9. The fourth-order valence-electron chi connectivity index (χ4n) is 1.28. The second kappa shape index (κ2) is 4.93. The van der Waals surface area contributed by atoms with Crippen molar-refractivity contribution in [3.63, 3.8) is 0 Å². The molecule has 0 radical (unpaired) electrons. The number of carbonyl (C=O) groups is 1. The van der Waals surface area contributed by atoms with E-state index in [2.05, 4.69) is 10.3 Å². The molecule has 0 spiro atoms. The van der Waals surface area contributed by atoms with Crippen molar-refractivity contribution in [1.82, 2.24) is 14.9 Å². The second-order valence-electron chi connectivity index (χ2n) is 3.68. The van der Waals surface area contributed by atoms with Gasteiger partial charge in [-0.2, -0.15) is 0 Å². The maximum absolute atomic E-state index is 10.8. The van der Waals surface area contributed by atoms with Crippen molar-refractivity contribution in [2.24, 2.45) is 0 Å². The molecule has 0 saturated carbocycles. The van der Waals surface area contributed by atoms with Crippen LogP contribution in [0.5, 0.6) is 0 Å². The van der Waals surface area contributed by atoms with Gasteiger partial charge in [0.25, 0.3) is 0 Å². The molecule has 0 aliphatic heterocycles. The number of nitrogens with one attached hydrogen (secondary N) is 1. The van der Waals surface area contributed by atoms with Crippen LogP contribution in [-0.4, -0.2) is 26.7 Å².